The van der Waals surface area contributed by atoms with E-state index in [9.17, 15) is 50.3 Å². The molecule has 4 aliphatic heterocycles. The van der Waals surface area contributed by atoms with E-state index in [2.05, 4.69) is 98.9 Å². The molecule has 0 aromatic heterocycles. The second kappa shape index (κ2) is 46.2. The van der Waals surface area contributed by atoms with Gasteiger partial charge in [0, 0.05) is 80.7 Å². The van der Waals surface area contributed by atoms with Crippen LogP contribution in [0, 0.1) is 0 Å². The predicted molar refractivity (Wildman–Crippen MR) is 396 cm³/mol. The molecule has 102 heavy (non-hydrogen) atoms. The Morgan fingerprint density at radius 3 is 1.29 bits per heavy atom. The molecule has 0 bridgehead atoms. The molecule has 0 unspecified atom stereocenters. The first-order valence-corrected chi connectivity index (χ1v) is 35.2. The van der Waals surface area contributed by atoms with E-state index in [-0.39, 0.29) is 44.1 Å². The maximum Gasteiger partial charge on any atom is 0.490 e. The third-order valence-corrected chi connectivity index (χ3v) is 16.0. The Hall–Kier alpha value is -7.55. The summed E-state index contributed by atoms with van der Waals surface area (Å²) in [5.41, 5.74) is 17.1. The zero-order valence-corrected chi connectivity index (χ0v) is 61.7. The second-order valence-corrected chi connectivity index (χ2v) is 26.8. The highest BCUT2D eigenvalue weighted by molar-refractivity contribution is 5.96. The fraction of sp³-hybridized carbons (Fsp3) is 0.571. The van der Waals surface area contributed by atoms with Crippen molar-refractivity contribution in [3.63, 3.8) is 0 Å². The summed E-state index contributed by atoms with van der Waals surface area (Å²) in [4.78, 5) is 65.7. The van der Waals surface area contributed by atoms with Crippen LogP contribution in [-0.2, 0) is 19.1 Å². The van der Waals surface area contributed by atoms with Crippen LogP contribution in [0.15, 0.2) is 109 Å². The SMILES string of the molecule is C.CCCCCN.CCCCCNC(=O)C(F)(F)F.CCOC(=O)C(F)(F)F.CN(C)CCCN.CN(C)CCCNC(=O)c1ccc(C2=CC3(CCN(C(=O)OC(C)(C)C)CC3)Oc3ccccc32)cc1.CN(C)CCCNC(=O)c1ccc(C2=CC3(CCNCC3)Oc3ccccc32)cc1. The van der Waals surface area contributed by atoms with Gasteiger partial charge in [-0.2, -0.15) is 26.3 Å². The van der Waals surface area contributed by atoms with Crippen molar-refractivity contribution in [1.29, 1.82) is 0 Å². The predicted octanol–water partition coefficient (Wildman–Crippen LogP) is 12.9. The van der Waals surface area contributed by atoms with Gasteiger partial charge in [-0.15, -0.1) is 0 Å². The zero-order chi connectivity index (χ0) is 75.2. The number of amides is 4. The molecule has 4 amide bonds. The Morgan fingerprint density at radius 2 is 0.941 bits per heavy atom. The molecule has 572 valence electrons. The molecule has 4 heterocycles. The number of nitrogens with zero attached hydrogens (tertiary/aromatic N) is 4. The van der Waals surface area contributed by atoms with Crippen molar-refractivity contribution >= 4 is 40.9 Å². The van der Waals surface area contributed by atoms with Crippen molar-refractivity contribution in [2.24, 2.45) is 11.5 Å². The molecule has 4 aromatic carbocycles. The van der Waals surface area contributed by atoms with Gasteiger partial charge in [-0.3, -0.25) is 14.4 Å². The summed E-state index contributed by atoms with van der Waals surface area (Å²) in [6.45, 7) is 20.0. The Morgan fingerprint density at radius 1 is 0.539 bits per heavy atom. The minimum absolute atomic E-state index is 0. The lowest BCUT2D eigenvalue weighted by Gasteiger charge is -2.43. The number of fused-ring (bicyclic) bond motifs is 2. The van der Waals surface area contributed by atoms with Crippen molar-refractivity contribution in [2.75, 3.05) is 127 Å². The monoisotopic (exact) mass is 1440 g/mol. The highest BCUT2D eigenvalue weighted by Gasteiger charge is 2.43. The smallest absolute Gasteiger partial charge is 0.482 e. The molecule has 25 heteroatoms. The van der Waals surface area contributed by atoms with Gasteiger partial charge in [0.1, 0.15) is 28.3 Å². The molecule has 19 nitrogen and oxygen atoms in total. The Bertz CT molecular complexity index is 3150. The topological polar surface area (TPSA) is 235 Å². The molecule has 0 radical (unpaired) electrons. The van der Waals surface area contributed by atoms with E-state index in [0.717, 1.165) is 130 Å². The molecule has 2 fully saturated rings. The van der Waals surface area contributed by atoms with Crippen molar-refractivity contribution in [2.45, 2.75) is 162 Å². The van der Waals surface area contributed by atoms with Gasteiger partial charge in [0.15, 0.2) is 0 Å². The van der Waals surface area contributed by atoms with Crippen LogP contribution in [0.1, 0.15) is 175 Å². The number of nitrogens with one attached hydrogen (secondary N) is 4. The lowest BCUT2D eigenvalue weighted by molar-refractivity contribution is -0.199. The number of alkyl halides is 6. The van der Waals surface area contributed by atoms with Gasteiger partial charge in [0.2, 0.25) is 0 Å². The lowest BCUT2D eigenvalue weighted by Crippen LogP contribution is -2.50. The molecule has 4 aliphatic rings. The van der Waals surface area contributed by atoms with Gasteiger partial charge < -0.3 is 71.3 Å². The number of piperidine rings is 2. The third kappa shape index (κ3) is 33.7. The fourth-order valence-corrected chi connectivity index (χ4v) is 10.6. The molecular weight excluding hydrogens is 1320 g/mol. The number of likely N-dealkylation sites (tertiary alicyclic amines) is 1. The molecule has 8 N–H and O–H groups in total. The van der Waals surface area contributed by atoms with E-state index in [0.29, 0.717) is 56.6 Å². The number of carbonyl (C=O) groups is 5. The number of hydrogen-bond donors (Lipinski definition) is 6. The average Bonchev–Trinajstić information content (AvgIpc) is 0.765. The maximum absolute atomic E-state index is 12.6. The van der Waals surface area contributed by atoms with Crippen LogP contribution in [-0.4, -0.2) is 206 Å². The quantitative estimate of drug-likeness (QED) is 0.0230. The van der Waals surface area contributed by atoms with Crippen molar-refractivity contribution in [3.8, 4) is 11.5 Å². The molecular formula is C77H118F6N10O9. The number of unbranched alkanes of at least 4 members (excludes halogenated alkanes) is 4. The van der Waals surface area contributed by atoms with Gasteiger partial charge >= 0.3 is 30.3 Å². The summed E-state index contributed by atoms with van der Waals surface area (Å²) >= 11 is 0. The van der Waals surface area contributed by atoms with Crippen LogP contribution in [0.3, 0.4) is 0 Å². The van der Waals surface area contributed by atoms with Gasteiger partial charge in [-0.05, 0) is 219 Å². The molecule has 2 saturated heterocycles. The number of benzene rings is 4. The van der Waals surface area contributed by atoms with Crippen LogP contribution in [0.4, 0.5) is 31.1 Å². The Balaban J connectivity index is 0.000000480. The normalized spacial score (nSPS) is 14.6. The third-order valence-electron chi connectivity index (χ3n) is 16.0. The van der Waals surface area contributed by atoms with Crippen molar-refractivity contribution in [1.82, 2.24) is 40.9 Å². The standard InChI is InChI=1S/C30H39N3O4.C25H31N3O2.C7H12F3NO.C5H14N2.C5H13N.C4H5F3O2.CH4/c1-29(2,3)37-28(35)33-19-15-30(16-20-33)21-25(24-9-6-7-10-26(24)36-30)22-11-13-23(14-12-22)27(34)31-17-8-18-32(4)5;1-28(2)17-5-14-27-24(29)20-10-8-19(9-11-20)22-18-25(12-15-26-16-13-25)30-23-7-4-3-6-21(22)23;1-2-3-4-5-11-6(12)7(8,9)10;1-7(2)5-3-4-6;1-2-3-4-5-6;1-2-9-3(8)4(5,6)7;/h6-7,9-14,21H,8,15-20H2,1-5H3,(H,31,34);3-4,6-11,18,26H,5,12-17H2,1-2H3,(H,27,29);2-5H2,1H3,(H,11,12);3-6H2,1-2H3;2-6H2,1H3;2H2,1H3;1H4. The van der Waals surface area contributed by atoms with Gasteiger partial charge in [0.05, 0.1) is 6.61 Å². The summed E-state index contributed by atoms with van der Waals surface area (Å²) in [6.07, 6.45) is 6.96. The number of para-hydroxylation sites is 2. The second-order valence-electron chi connectivity index (χ2n) is 26.8. The summed E-state index contributed by atoms with van der Waals surface area (Å²) in [6, 6.07) is 32.0. The Kier molecular flexibility index (Phi) is 41.0. The highest BCUT2D eigenvalue weighted by atomic mass is 19.4. The first kappa shape index (κ1) is 90.5. The van der Waals surface area contributed by atoms with Crippen LogP contribution >= 0.6 is 0 Å². The van der Waals surface area contributed by atoms with Gasteiger partial charge in [0.25, 0.3) is 11.8 Å². The molecule has 0 saturated carbocycles. The number of esters is 1. The van der Waals surface area contributed by atoms with Crippen LogP contribution in [0.25, 0.3) is 11.1 Å². The van der Waals surface area contributed by atoms with Crippen molar-refractivity contribution in [3.05, 3.63) is 143 Å². The first-order valence-electron chi connectivity index (χ1n) is 35.2. The average molecular weight is 1440 g/mol. The number of halogens is 6. The number of nitrogens with two attached hydrogens (primary N) is 2. The van der Waals surface area contributed by atoms with Gasteiger partial charge in [-0.1, -0.05) is 108 Å². The lowest BCUT2D eigenvalue weighted by atomic mass is 9.83. The van der Waals surface area contributed by atoms with E-state index in [1.807, 2.05) is 123 Å². The largest absolute Gasteiger partial charge is 0.490 e. The summed E-state index contributed by atoms with van der Waals surface area (Å²) < 4.78 is 90.3. The van der Waals surface area contributed by atoms with Crippen molar-refractivity contribution < 1.29 is 69.3 Å². The number of rotatable bonds is 23. The van der Waals surface area contributed by atoms with Crippen LogP contribution < -0.4 is 42.2 Å². The minimum Gasteiger partial charge on any atom is -0.482 e. The fourth-order valence-electron chi connectivity index (χ4n) is 10.6. The number of ether oxygens (including phenoxy) is 4. The van der Waals surface area contributed by atoms with E-state index < -0.39 is 35.4 Å². The van der Waals surface area contributed by atoms with Gasteiger partial charge in [-0.25, -0.2) is 9.59 Å². The summed E-state index contributed by atoms with van der Waals surface area (Å²) in [5, 5.41) is 11.2. The molecule has 0 atom stereocenters. The zero-order valence-electron chi connectivity index (χ0n) is 61.7. The maximum atomic E-state index is 12.6. The van der Waals surface area contributed by atoms with Crippen LogP contribution in [0.5, 0.6) is 11.5 Å². The number of hydrogen-bond acceptors (Lipinski definition) is 15. The molecule has 8 rings (SSSR count). The number of carbonyl (C=O) groups excluding carboxylic acids is 5. The van der Waals surface area contributed by atoms with E-state index in [4.69, 9.17) is 25.7 Å². The molecule has 2 spiro atoms. The van der Waals surface area contributed by atoms with E-state index in [1.165, 1.54) is 31.8 Å². The Labute approximate surface area is 603 Å². The highest BCUT2D eigenvalue weighted by Crippen LogP contribution is 2.45. The summed E-state index contributed by atoms with van der Waals surface area (Å²) in [7, 11) is 12.2. The van der Waals surface area contributed by atoms with Crippen LogP contribution in [0.2, 0.25) is 0 Å². The minimum atomic E-state index is -4.85. The molecule has 4 aromatic rings. The summed E-state index contributed by atoms with van der Waals surface area (Å²) in [5.74, 6) is -2.27. The molecule has 0 aliphatic carbocycles. The van der Waals surface area contributed by atoms with E-state index in [1.54, 1.807) is 10.2 Å². The first-order chi connectivity index (χ1) is 47.8. The van der Waals surface area contributed by atoms with E-state index >= 15 is 0 Å².